The highest BCUT2D eigenvalue weighted by Crippen LogP contribution is 2.46. The lowest BCUT2D eigenvalue weighted by molar-refractivity contribution is -0.153. The molecular formula is C18H19N3O5. The van der Waals surface area contributed by atoms with Gasteiger partial charge in [0.2, 0.25) is 11.8 Å². The second-order valence-electron chi connectivity index (χ2n) is 7.14. The quantitative estimate of drug-likeness (QED) is 0.556. The number of anilines is 1. The lowest BCUT2D eigenvalue weighted by atomic mass is 9.66. The monoisotopic (exact) mass is 357 g/mol. The van der Waals surface area contributed by atoms with E-state index in [4.69, 9.17) is 4.74 Å². The van der Waals surface area contributed by atoms with Crippen molar-refractivity contribution in [1.29, 1.82) is 0 Å². The van der Waals surface area contributed by atoms with E-state index in [1.807, 2.05) is 24.8 Å². The molecule has 8 nitrogen and oxygen atoms in total. The highest BCUT2D eigenvalue weighted by atomic mass is 16.5. The maximum Gasteiger partial charge on any atom is 0.328 e. The minimum Gasteiger partial charge on any atom is -0.372 e. The number of nitrogens with zero attached hydrogens (tertiary/aromatic N) is 1. The number of carbonyl (C=O) groups excluding carboxylic acids is 4. The summed E-state index contributed by atoms with van der Waals surface area (Å²) in [6.07, 6.45) is 0.334. The molecular weight excluding hydrogens is 338 g/mol. The molecule has 136 valence electrons. The first-order chi connectivity index (χ1) is 12.4. The fourth-order valence-electron chi connectivity index (χ4n) is 4.54. The number of barbiturate groups is 1. The average molecular weight is 357 g/mol. The Hall–Kier alpha value is -2.74. The van der Waals surface area contributed by atoms with E-state index in [1.165, 1.54) is 0 Å². The summed E-state index contributed by atoms with van der Waals surface area (Å²) in [6.45, 7) is 4.26. The molecule has 0 radical (unpaired) electrons. The number of hydrogen-bond donors (Lipinski definition) is 2. The van der Waals surface area contributed by atoms with E-state index in [2.05, 4.69) is 10.6 Å². The number of ether oxygens (including phenoxy) is 1. The van der Waals surface area contributed by atoms with Crippen LogP contribution in [0.5, 0.6) is 0 Å². The summed E-state index contributed by atoms with van der Waals surface area (Å²) in [6, 6.07) is 3.88. The van der Waals surface area contributed by atoms with Gasteiger partial charge in [-0.1, -0.05) is 0 Å². The van der Waals surface area contributed by atoms with Gasteiger partial charge in [0.25, 0.3) is 0 Å². The number of hydrogen-bond acceptors (Lipinski definition) is 6. The van der Waals surface area contributed by atoms with Gasteiger partial charge in [-0.15, -0.1) is 0 Å². The number of amides is 4. The molecule has 1 aromatic rings. The molecule has 0 unspecified atom stereocenters. The molecule has 2 fully saturated rings. The number of morpholine rings is 1. The number of urea groups is 1. The second kappa shape index (κ2) is 5.63. The van der Waals surface area contributed by atoms with Crippen LogP contribution >= 0.6 is 0 Å². The van der Waals surface area contributed by atoms with Crippen LogP contribution in [0.1, 0.15) is 29.8 Å². The SMILES string of the molecule is C[C@@H]1CN2c3ccc(C=O)cc3CC3(C(=O)NC(=O)NC3=O)[C@H]2[C@H](C)O1. The van der Waals surface area contributed by atoms with E-state index in [1.54, 1.807) is 12.1 Å². The molecule has 0 bridgehead atoms. The van der Waals surface area contributed by atoms with Crippen molar-refractivity contribution in [2.45, 2.75) is 38.5 Å². The van der Waals surface area contributed by atoms with Crippen LogP contribution < -0.4 is 15.5 Å². The predicted octanol–water partition coefficient (Wildman–Crippen LogP) is 0.390. The second-order valence-corrected chi connectivity index (χ2v) is 7.14. The first-order valence-corrected chi connectivity index (χ1v) is 8.54. The van der Waals surface area contributed by atoms with E-state index in [-0.39, 0.29) is 12.5 Å². The molecule has 3 atom stereocenters. The highest BCUT2D eigenvalue weighted by molar-refractivity contribution is 6.20. The zero-order valence-corrected chi connectivity index (χ0v) is 14.4. The molecule has 0 aliphatic carbocycles. The predicted molar refractivity (Wildman–Crippen MR) is 90.8 cm³/mol. The topological polar surface area (TPSA) is 105 Å². The molecule has 1 aromatic carbocycles. The number of imide groups is 2. The fourth-order valence-corrected chi connectivity index (χ4v) is 4.54. The summed E-state index contributed by atoms with van der Waals surface area (Å²) < 4.78 is 5.92. The molecule has 1 spiro atoms. The van der Waals surface area contributed by atoms with Crippen LogP contribution in [0.3, 0.4) is 0 Å². The Balaban J connectivity index is 1.92. The maximum absolute atomic E-state index is 12.9. The number of rotatable bonds is 1. The van der Waals surface area contributed by atoms with Gasteiger partial charge in [-0.2, -0.15) is 0 Å². The van der Waals surface area contributed by atoms with Crippen LogP contribution in [0.4, 0.5) is 10.5 Å². The Morgan fingerprint density at radius 2 is 1.88 bits per heavy atom. The van der Waals surface area contributed by atoms with Gasteiger partial charge in [-0.05, 0) is 44.0 Å². The van der Waals surface area contributed by atoms with Crippen molar-refractivity contribution in [3.8, 4) is 0 Å². The van der Waals surface area contributed by atoms with Crippen molar-refractivity contribution < 1.29 is 23.9 Å². The van der Waals surface area contributed by atoms with Gasteiger partial charge in [0.1, 0.15) is 6.29 Å². The van der Waals surface area contributed by atoms with Crippen molar-refractivity contribution in [3.63, 3.8) is 0 Å². The van der Waals surface area contributed by atoms with Gasteiger partial charge in [-0.3, -0.25) is 25.0 Å². The molecule has 3 aliphatic heterocycles. The van der Waals surface area contributed by atoms with Crippen LogP contribution in [0.25, 0.3) is 0 Å². The van der Waals surface area contributed by atoms with Crippen molar-refractivity contribution in [2.75, 3.05) is 11.4 Å². The van der Waals surface area contributed by atoms with Gasteiger partial charge >= 0.3 is 6.03 Å². The van der Waals surface area contributed by atoms with Crippen molar-refractivity contribution in [2.24, 2.45) is 5.41 Å². The Morgan fingerprint density at radius 1 is 1.19 bits per heavy atom. The fraction of sp³-hybridized carbons (Fsp3) is 0.444. The largest absolute Gasteiger partial charge is 0.372 e. The van der Waals surface area contributed by atoms with Crippen LogP contribution in [0.15, 0.2) is 18.2 Å². The number of nitrogens with one attached hydrogen (secondary N) is 2. The molecule has 3 aliphatic rings. The first-order valence-electron chi connectivity index (χ1n) is 8.54. The summed E-state index contributed by atoms with van der Waals surface area (Å²) in [5.74, 6) is -1.26. The lowest BCUT2D eigenvalue weighted by Gasteiger charge is -2.55. The molecule has 2 N–H and O–H groups in total. The summed E-state index contributed by atoms with van der Waals surface area (Å²) in [5.41, 5.74) is 0.582. The molecule has 4 rings (SSSR count). The average Bonchev–Trinajstić information content (AvgIpc) is 2.58. The van der Waals surface area contributed by atoms with Gasteiger partial charge in [0, 0.05) is 17.8 Å². The van der Waals surface area contributed by atoms with E-state index >= 15 is 0 Å². The van der Waals surface area contributed by atoms with Crippen molar-refractivity contribution in [3.05, 3.63) is 29.3 Å². The molecule has 4 amide bonds. The third-order valence-corrected chi connectivity index (χ3v) is 5.47. The van der Waals surface area contributed by atoms with E-state index in [0.29, 0.717) is 12.1 Å². The van der Waals surface area contributed by atoms with E-state index in [0.717, 1.165) is 17.5 Å². The standard InChI is InChI=1S/C18H19N3O5/c1-9-7-21-13-4-3-11(8-22)5-12(13)6-18(14(21)10(2)26-9)15(23)19-17(25)20-16(18)24/h3-5,8-10,14H,6-7H2,1-2H3,(H2,19,20,23,24,25)/t9-,10+,14-/m1/s1. The van der Waals surface area contributed by atoms with Gasteiger partial charge in [0.05, 0.1) is 18.2 Å². The van der Waals surface area contributed by atoms with Crippen LogP contribution in [0, 0.1) is 5.41 Å². The molecule has 0 aromatic heterocycles. The summed E-state index contributed by atoms with van der Waals surface area (Å²) in [5, 5.41) is 4.47. The zero-order valence-electron chi connectivity index (χ0n) is 14.4. The molecule has 3 heterocycles. The van der Waals surface area contributed by atoms with Crippen molar-refractivity contribution in [1.82, 2.24) is 10.6 Å². The summed E-state index contributed by atoms with van der Waals surface area (Å²) in [4.78, 5) is 50.6. The highest BCUT2D eigenvalue weighted by Gasteiger charge is 2.62. The normalized spacial score (nSPS) is 29.5. The van der Waals surface area contributed by atoms with Crippen molar-refractivity contribution >= 4 is 29.8 Å². The lowest BCUT2D eigenvalue weighted by Crippen LogP contribution is -2.75. The minimum absolute atomic E-state index is 0.0913. The molecule has 0 saturated carbocycles. The molecule has 26 heavy (non-hydrogen) atoms. The zero-order chi connectivity index (χ0) is 18.6. The smallest absolute Gasteiger partial charge is 0.328 e. The summed E-state index contributed by atoms with van der Waals surface area (Å²) >= 11 is 0. The van der Waals surface area contributed by atoms with Crippen LogP contribution in [-0.4, -0.2) is 48.9 Å². The number of benzene rings is 1. The third-order valence-electron chi connectivity index (χ3n) is 5.47. The maximum atomic E-state index is 12.9. The van der Waals surface area contributed by atoms with Gasteiger partial charge in [-0.25, -0.2) is 4.79 Å². The molecule has 8 heteroatoms. The number of aldehydes is 1. The van der Waals surface area contributed by atoms with Crippen LogP contribution in [-0.2, 0) is 20.7 Å². The van der Waals surface area contributed by atoms with Gasteiger partial charge < -0.3 is 9.64 Å². The van der Waals surface area contributed by atoms with E-state index in [9.17, 15) is 19.2 Å². The minimum atomic E-state index is -1.50. The Bertz CT molecular complexity index is 816. The van der Waals surface area contributed by atoms with E-state index < -0.39 is 35.4 Å². The Labute approximate surface area is 149 Å². The molecule has 2 saturated heterocycles. The third kappa shape index (κ3) is 2.18. The van der Waals surface area contributed by atoms with Crippen LogP contribution in [0.2, 0.25) is 0 Å². The Kier molecular flexibility index (Phi) is 3.62. The number of fused-ring (bicyclic) bond motifs is 4. The van der Waals surface area contributed by atoms with Gasteiger partial charge in [0.15, 0.2) is 5.41 Å². The Morgan fingerprint density at radius 3 is 2.54 bits per heavy atom. The first kappa shape index (κ1) is 16.7. The number of carbonyl (C=O) groups is 4. The summed E-state index contributed by atoms with van der Waals surface area (Å²) in [7, 11) is 0.